The Morgan fingerprint density at radius 2 is 1.86 bits per heavy atom. The highest BCUT2D eigenvalue weighted by atomic mass is 35.5. The van der Waals surface area contributed by atoms with Gasteiger partial charge in [0.15, 0.2) is 0 Å². The summed E-state index contributed by atoms with van der Waals surface area (Å²) < 4.78 is 29.5. The quantitative estimate of drug-likeness (QED) is 0.702. The maximum Gasteiger partial charge on any atom is 0.285 e. The minimum atomic E-state index is -3.75. The van der Waals surface area contributed by atoms with E-state index in [1.807, 2.05) is 16.8 Å². The average Bonchev–Trinajstić information content (AvgIpc) is 2.95. The van der Waals surface area contributed by atoms with Gasteiger partial charge in [-0.2, -0.15) is 8.42 Å². The monoisotopic (exact) mass is 437 g/mol. The molecule has 2 aliphatic rings. The van der Waals surface area contributed by atoms with E-state index in [1.54, 1.807) is 31.2 Å². The number of benzene rings is 1. The SMILES string of the molecule is CCCCN(C)C(=O)C1CCN(C2=NS(=O)(=O)C(c3ccc(Cl)cc3)=C2C)CC1. The van der Waals surface area contributed by atoms with Crippen molar-refractivity contribution in [2.45, 2.75) is 39.5 Å². The number of carbonyl (C=O) groups is 1. The molecule has 2 aliphatic heterocycles. The number of hydrogen-bond acceptors (Lipinski definition) is 4. The van der Waals surface area contributed by atoms with Gasteiger partial charge in [-0.05, 0) is 43.9 Å². The van der Waals surface area contributed by atoms with E-state index < -0.39 is 10.0 Å². The lowest BCUT2D eigenvalue weighted by Gasteiger charge is -2.34. The molecule has 6 nitrogen and oxygen atoms in total. The van der Waals surface area contributed by atoms with Gasteiger partial charge in [0, 0.05) is 43.2 Å². The molecule has 8 heteroatoms. The van der Waals surface area contributed by atoms with Gasteiger partial charge in [0.2, 0.25) is 5.91 Å². The largest absolute Gasteiger partial charge is 0.356 e. The fraction of sp³-hybridized carbons (Fsp3) is 0.524. The van der Waals surface area contributed by atoms with Crippen molar-refractivity contribution in [3.05, 3.63) is 40.4 Å². The van der Waals surface area contributed by atoms with Crippen LogP contribution in [0.2, 0.25) is 5.02 Å². The maximum atomic E-state index is 12.7. The Morgan fingerprint density at radius 3 is 2.45 bits per heavy atom. The first-order chi connectivity index (χ1) is 13.7. The number of rotatable bonds is 5. The molecule has 2 heterocycles. The Hall–Kier alpha value is -1.86. The van der Waals surface area contributed by atoms with Gasteiger partial charge in [-0.1, -0.05) is 37.1 Å². The molecule has 3 rings (SSSR count). The smallest absolute Gasteiger partial charge is 0.285 e. The molecule has 0 bridgehead atoms. The summed E-state index contributed by atoms with van der Waals surface area (Å²) >= 11 is 5.93. The zero-order valence-corrected chi connectivity index (χ0v) is 18.8. The molecule has 158 valence electrons. The van der Waals surface area contributed by atoms with Gasteiger partial charge >= 0.3 is 0 Å². The van der Waals surface area contributed by atoms with E-state index >= 15 is 0 Å². The van der Waals surface area contributed by atoms with Gasteiger partial charge in [0.1, 0.15) is 10.7 Å². The molecular weight excluding hydrogens is 410 g/mol. The topological polar surface area (TPSA) is 70.1 Å². The molecule has 0 atom stereocenters. The first-order valence-electron chi connectivity index (χ1n) is 10.1. The highest BCUT2D eigenvalue weighted by Gasteiger charge is 2.36. The van der Waals surface area contributed by atoms with Gasteiger partial charge in [-0.3, -0.25) is 4.79 Å². The summed E-state index contributed by atoms with van der Waals surface area (Å²) in [7, 11) is -1.88. The molecule has 1 aromatic rings. The van der Waals surface area contributed by atoms with Crippen molar-refractivity contribution < 1.29 is 13.2 Å². The van der Waals surface area contributed by atoms with E-state index in [9.17, 15) is 13.2 Å². The van der Waals surface area contributed by atoms with Crippen molar-refractivity contribution >= 4 is 38.3 Å². The third kappa shape index (κ3) is 4.67. The summed E-state index contributed by atoms with van der Waals surface area (Å²) in [4.78, 5) is 16.7. The van der Waals surface area contributed by atoms with Gasteiger partial charge < -0.3 is 9.80 Å². The van der Waals surface area contributed by atoms with Crippen molar-refractivity contribution in [1.29, 1.82) is 0 Å². The number of unbranched alkanes of at least 4 members (excludes halogenated alkanes) is 1. The van der Waals surface area contributed by atoms with Crippen LogP contribution >= 0.6 is 11.6 Å². The fourth-order valence-corrected chi connectivity index (χ4v) is 5.55. The third-order valence-electron chi connectivity index (χ3n) is 5.61. The molecule has 0 unspecified atom stereocenters. The van der Waals surface area contributed by atoms with E-state index in [-0.39, 0.29) is 16.7 Å². The number of halogens is 1. The summed E-state index contributed by atoms with van der Waals surface area (Å²) in [5.41, 5.74) is 1.24. The third-order valence-corrected chi connectivity index (χ3v) is 7.34. The summed E-state index contributed by atoms with van der Waals surface area (Å²) in [5, 5.41) is 0.555. The lowest BCUT2D eigenvalue weighted by molar-refractivity contribution is -0.135. The normalized spacial score (nSPS) is 19.4. The molecule has 29 heavy (non-hydrogen) atoms. The Morgan fingerprint density at radius 1 is 1.24 bits per heavy atom. The summed E-state index contributed by atoms with van der Waals surface area (Å²) in [6.07, 6.45) is 3.48. The standard InChI is InChI=1S/C21H28ClN3O3S/c1-4-5-12-24(3)21(26)17-10-13-25(14-11-17)20-15(2)19(29(27,28)23-20)16-6-8-18(22)9-7-16/h6-9,17H,4-5,10-14H2,1-3H3. The van der Waals surface area contributed by atoms with Crippen LogP contribution in [0.15, 0.2) is 34.2 Å². The number of piperidine rings is 1. The van der Waals surface area contributed by atoms with E-state index in [0.29, 0.717) is 47.9 Å². The van der Waals surface area contributed by atoms with Crippen LogP contribution in [0.1, 0.15) is 45.1 Å². The Balaban J connectivity index is 1.72. The predicted octanol–water partition coefficient (Wildman–Crippen LogP) is 3.78. The molecule has 1 aromatic carbocycles. The number of sulfonamides is 1. The van der Waals surface area contributed by atoms with Crippen molar-refractivity contribution in [2.75, 3.05) is 26.7 Å². The van der Waals surface area contributed by atoms with E-state index in [1.165, 1.54) is 0 Å². The molecule has 1 fully saturated rings. The van der Waals surface area contributed by atoms with Crippen molar-refractivity contribution in [2.24, 2.45) is 10.3 Å². The Bertz CT molecular complexity index is 930. The van der Waals surface area contributed by atoms with Crippen molar-refractivity contribution in [1.82, 2.24) is 9.80 Å². The predicted molar refractivity (Wildman–Crippen MR) is 117 cm³/mol. The maximum absolute atomic E-state index is 12.7. The summed E-state index contributed by atoms with van der Waals surface area (Å²) in [6, 6.07) is 6.76. The number of amides is 1. The van der Waals surface area contributed by atoms with Crippen molar-refractivity contribution in [3.8, 4) is 0 Å². The molecule has 0 N–H and O–H groups in total. The van der Waals surface area contributed by atoms with E-state index in [0.717, 1.165) is 19.4 Å². The van der Waals surface area contributed by atoms with Gasteiger partial charge in [-0.25, -0.2) is 0 Å². The molecule has 0 radical (unpaired) electrons. The number of carbonyl (C=O) groups excluding carboxylic acids is 1. The lowest BCUT2D eigenvalue weighted by atomic mass is 9.94. The number of hydrogen-bond donors (Lipinski definition) is 0. The van der Waals surface area contributed by atoms with Gasteiger partial charge in [0.05, 0.1) is 0 Å². The van der Waals surface area contributed by atoms with E-state index in [2.05, 4.69) is 11.3 Å². The highest BCUT2D eigenvalue weighted by Crippen LogP contribution is 2.35. The second-order valence-electron chi connectivity index (χ2n) is 7.73. The van der Waals surface area contributed by atoms with Gasteiger partial charge in [-0.15, -0.1) is 4.40 Å². The first-order valence-corrected chi connectivity index (χ1v) is 11.9. The molecule has 1 saturated heterocycles. The lowest BCUT2D eigenvalue weighted by Crippen LogP contribution is -2.43. The fourth-order valence-electron chi connectivity index (χ4n) is 3.94. The van der Waals surface area contributed by atoms with Crippen LogP contribution in [-0.4, -0.2) is 56.6 Å². The first kappa shape index (κ1) is 21.8. The summed E-state index contributed by atoms with van der Waals surface area (Å²) in [5.74, 6) is 0.681. The number of amidine groups is 1. The van der Waals surface area contributed by atoms with Crippen LogP contribution in [0, 0.1) is 5.92 Å². The van der Waals surface area contributed by atoms with Crippen LogP contribution in [0.4, 0.5) is 0 Å². The minimum absolute atomic E-state index is 0.00765. The van der Waals surface area contributed by atoms with Crippen LogP contribution < -0.4 is 0 Å². The van der Waals surface area contributed by atoms with Crippen LogP contribution in [0.5, 0.6) is 0 Å². The molecule has 0 aliphatic carbocycles. The average molecular weight is 438 g/mol. The minimum Gasteiger partial charge on any atom is -0.356 e. The molecular formula is C21H28ClN3O3S. The Kier molecular flexibility index (Phi) is 6.69. The van der Waals surface area contributed by atoms with E-state index in [4.69, 9.17) is 11.6 Å². The molecule has 1 amide bonds. The highest BCUT2D eigenvalue weighted by molar-refractivity contribution is 8.00. The van der Waals surface area contributed by atoms with Crippen LogP contribution in [0.3, 0.4) is 0 Å². The molecule has 0 aromatic heterocycles. The second-order valence-corrected chi connectivity index (χ2v) is 9.70. The molecule has 0 saturated carbocycles. The number of likely N-dealkylation sites (tertiary alicyclic amines) is 1. The zero-order valence-electron chi connectivity index (χ0n) is 17.2. The van der Waals surface area contributed by atoms with Crippen molar-refractivity contribution in [3.63, 3.8) is 0 Å². The van der Waals surface area contributed by atoms with Crippen LogP contribution in [0.25, 0.3) is 4.91 Å². The number of nitrogens with zero attached hydrogens (tertiary/aromatic N) is 3. The summed E-state index contributed by atoms with van der Waals surface area (Å²) in [6.45, 7) is 5.94. The zero-order chi connectivity index (χ0) is 21.2. The Labute approximate surface area is 178 Å². The molecule has 0 spiro atoms. The second kappa shape index (κ2) is 8.88. The van der Waals surface area contributed by atoms with Crippen LogP contribution in [-0.2, 0) is 14.8 Å². The van der Waals surface area contributed by atoms with Gasteiger partial charge in [0.25, 0.3) is 10.0 Å².